The highest BCUT2D eigenvalue weighted by atomic mass is 16.5. The lowest BCUT2D eigenvalue weighted by atomic mass is 10.0. The smallest absolute Gasteiger partial charge is 0.303 e. The van der Waals surface area contributed by atoms with Crippen molar-refractivity contribution >= 4 is 5.97 Å². The fourth-order valence-corrected chi connectivity index (χ4v) is 1.06. The highest BCUT2D eigenvalue weighted by molar-refractivity contribution is 5.66. The van der Waals surface area contributed by atoms with Gasteiger partial charge in [-0.2, -0.15) is 0 Å². The molecule has 15 heavy (non-hydrogen) atoms. The number of hydrogen-bond acceptors (Lipinski definition) is 3. The monoisotopic (exact) mass is 218 g/mol. The molecule has 0 radical (unpaired) electrons. The Bertz CT molecular complexity index is 203. The van der Waals surface area contributed by atoms with E-state index in [9.17, 15) is 9.90 Å². The Labute approximate surface area is 91.3 Å². The molecule has 0 aliphatic carbocycles. The number of aliphatic carboxylic acids is 1. The van der Waals surface area contributed by atoms with Gasteiger partial charge in [0.25, 0.3) is 0 Å². The van der Waals surface area contributed by atoms with Crippen LogP contribution in [0.2, 0.25) is 0 Å². The van der Waals surface area contributed by atoms with Crippen LogP contribution in [0.15, 0.2) is 0 Å². The molecule has 4 heteroatoms. The molecule has 0 aliphatic rings. The molecule has 0 unspecified atom stereocenters. The maximum absolute atomic E-state index is 10.4. The Hall–Kier alpha value is -0.610. The molecule has 90 valence electrons. The first kappa shape index (κ1) is 14.4. The van der Waals surface area contributed by atoms with E-state index in [2.05, 4.69) is 0 Å². The first-order valence-electron chi connectivity index (χ1n) is 5.20. The van der Waals surface area contributed by atoms with E-state index < -0.39 is 17.2 Å². The van der Waals surface area contributed by atoms with Gasteiger partial charge in [-0.05, 0) is 40.5 Å². The van der Waals surface area contributed by atoms with E-state index in [1.54, 1.807) is 13.8 Å². The number of aliphatic hydroxyl groups is 1. The lowest BCUT2D eigenvalue weighted by Crippen LogP contribution is -2.29. The van der Waals surface area contributed by atoms with Crippen molar-refractivity contribution < 1.29 is 19.7 Å². The molecule has 0 aliphatic heterocycles. The van der Waals surface area contributed by atoms with Crippen LogP contribution in [-0.2, 0) is 9.53 Å². The number of rotatable bonds is 7. The number of carboxylic acids is 1. The molecule has 0 aromatic carbocycles. The number of carbonyl (C=O) groups is 1. The summed E-state index contributed by atoms with van der Waals surface area (Å²) in [5.41, 5.74) is -1.17. The van der Waals surface area contributed by atoms with Crippen LogP contribution >= 0.6 is 0 Å². The quantitative estimate of drug-likeness (QED) is 0.684. The zero-order valence-electron chi connectivity index (χ0n) is 10.0. The predicted octanol–water partition coefficient (Wildman–Crippen LogP) is 1.81. The highest BCUT2D eigenvalue weighted by Crippen LogP contribution is 2.18. The average Bonchev–Trinajstić information content (AvgIpc) is 1.98. The second-order valence-electron chi connectivity index (χ2n) is 5.06. The molecule has 0 amide bonds. The van der Waals surface area contributed by atoms with E-state index >= 15 is 0 Å². The fourth-order valence-electron chi connectivity index (χ4n) is 1.06. The van der Waals surface area contributed by atoms with Crippen LogP contribution in [-0.4, -0.2) is 34.0 Å². The summed E-state index contributed by atoms with van der Waals surface area (Å²) in [6.07, 6.45) is 1.13. The third kappa shape index (κ3) is 9.69. The molecule has 4 nitrogen and oxygen atoms in total. The Morgan fingerprint density at radius 2 is 1.73 bits per heavy atom. The predicted molar refractivity (Wildman–Crippen MR) is 57.8 cm³/mol. The van der Waals surface area contributed by atoms with Crippen molar-refractivity contribution in [2.45, 2.75) is 58.2 Å². The van der Waals surface area contributed by atoms with E-state index in [0.717, 1.165) is 0 Å². The van der Waals surface area contributed by atoms with Crippen molar-refractivity contribution in [2.75, 3.05) is 6.61 Å². The summed E-state index contributed by atoms with van der Waals surface area (Å²) in [7, 11) is 0. The van der Waals surface area contributed by atoms with Crippen molar-refractivity contribution in [1.29, 1.82) is 0 Å². The van der Waals surface area contributed by atoms with Crippen molar-refractivity contribution in [3.63, 3.8) is 0 Å². The Morgan fingerprint density at radius 1 is 1.20 bits per heavy atom. The van der Waals surface area contributed by atoms with E-state index in [1.807, 2.05) is 13.8 Å². The van der Waals surface area contributed by atoms with Crippen molar-refractivity contribution in [2.24, 2.45) is 0 Å². The van der Waals surface area contributed by atoms with Crippen molar-refractivity contribution in [1.82, 2.24) is 0 Å². The second-order valence-corrected chi connectivity index (χ2v) is 5.06. The number of ether oxygens (including phenoxy) is 1. The van der Waals surface area contributed by atoms with Gasteiger partial charge in [0.05, 0.1) is 17.8 Å². The topological polar surface area (TPSA) is 66.8 Å². The summed E-state index contributed by atoms with van der Waals surface area (Å²) in [6.45, 7) is 7.61. The molecule has 0 aromatic heterocycles. The zero-order valence-corrected chi connectivity index (χ0v) is 10.0. The highest BCUT2D eigenvalue weighted by Gasteiger charge is 2.21. The Kier molecular flexibility index (Phi) is 5.24. The summed E-state index contributed by atoms with van der Waals surface area (Å²) in [5.74, 6) is -0.811. The van der Waals surface area contributed by atoms with Crippen LogP contribution in [0.3, 0.4) is 0 Å². The van der Waals surface area contributed by atoms with E-state index in [1.165, 1.54) is 0 Å². The maximum Gasteiger partial charge on any atom is 0.303 e. The van der Waals surface area contributed by atoms with Gasteiger partial charge < -0.3 is 14.9 Å². The number of hydrogen-bond donors (Lipinski definition) is 2. The molecule has 0 spiro atoms. The van der Waals surface area contributed by atoms with Crippen molar-refractivity contribution in [3.8, 4) is 0 Å². The molecule has 0 saturated carbocycles. The molecular formula is C11H22O4. The largest absolute Gasteiger partial charge is 0.481 e. The molecule has 0 saturated heterocycles. The molecule has 0 aromatic rings. The zero-order chi connectivity index (χ0) is 12.1. The fraction of sp³-hybridized carbons (Fsp3) is 0.909. The van der Waals surface area contributed by atoms with E-state index in [4.69, 9.17) is 9.84 Å². The van der Waals surface area contributed by atoms with Crippen LogP contribution in [0, 0.1) is 0 Å². The van der Waals surface area contributed by atoms with Gasteiger partial charge in [0.15, 0.2) is 0 Å². The van der Waals surface area contributed by atoms with Gasteiger partial charge in [-0.15, -0.1) is 0 Å². The average molecular weight is 218 g/mol. The lowest BCUT2D eigenvalue weighted by molar-refractivity contribution is -0.139. The van der Waals surface area contributed by atoms with Gasteiger partial charge in [-0.1, -0.05) is 0 Å². The Morgan fingerprint density at radius 3 is 2.13 bits per heavy atom. The van der Waals surface area contributed by atoms with Gasteiger partial charge in [0, 0.05) is 6.42 Å². The third-order valence-electron chi connectivity index (χ3n) is 2.15. The normalized spacial score (nSPS) is 12.9. The van der Waals surface area contributed by atoms with Crippen LogP contribution in [0.1, 0.15) is 47.0 Å². The summed E-state index contributed by atoms with van der Waals surface area (Å²) < 4.78 is 5.53. The lowest BCUT2D eigenvalue weighted by Gasteiger charge is -2.26. The van der Waals surface area contributed by atoms with Gasteiger partial charge >= 0.3 is 5.97 Å². The van der Waals surface area contributed by atoms with Gasteiger partial charge in [-0.3, -0.25) is 4.79 Å². The standard InChI is InChI=1S/C11H22O4/c1-10(2,14)7-8-15-11(3,4)6-5-9(12)13/h14H,5-8H2,1-4H3,(H,12,13). The second kappa shape index (κ2) is 5.47. The summed E-state index contributed by atoms with van der Waals surface area (Å²) >= 11 is 0. The minimum Gasteiger partial charge on any atom is -0.481 e. The van der Waals surface area contributed by atoms with Crippen LogP contribution < -0.4 is 0 Å². The van der Waals surface area contributed by atoms with Crippen LogP contribution in [0.25, 0.3) is 0 Å². The maximum atomic E-state index is 10.4. The van der Waals surface area contributed by atoms with Crippen LogP contribution in [0.5, 0.6) is 0 Å². The first-order valence-corrected chi connectivity index (χ1v) is 5.20. The molecule has 0 bridgehead atoms. The molecule has 0 heterocycles. The third-order valence-corrected chi connectivity index (χ3v) is 2.15. The molecule has 0 atom stereocenters. The summed E-state index contributed by atoms with van der Waals surface area (Å²) in [4.78, 5) is 10.4. The molecule has 0 fully saturated rings. The molecular weight excluding hydrogens is 196 g/mol. The van der Waals surface area contributed by atoms with Crippen molar-refractivity contribution in [3.05, 3.63) is 0 Å². The van der Waals surface area contributed by atoms with Crippen LogP contribution in [0.4, 0.5) is 0 Å². The molecule has 2 N–H and O–H groups in total. The van der Waals surface area contributed by atoms with Gasteiger partial charge in [0.1, 0.15) is 0 Å². The number of carboxylic acid groups (broad SMARTS) is 1. The first-order chi connectivity index (χ1) is 6.62. The Balaban J connectivity index is 3.78. The molecule has 0 rings (SSSR count). The van der Waals surface area contributed by atoms with E-state index in [0.29, 0.717) is 19.4 Å². The SMILES string of the molecule is CC(C)(O)CCOC(C)(C)CCC(=O)O. The van der Waals surface area contributed by atoms with Gasteiger partial charge in [0.2, 0.25) is 0 Å². The minimum atomic E-state index is -0.811. The van der Waals surface area contributed by atoms with Gasteiger partial charge in [-0.25, -0.2) is 0 Å². The summed E-state index contributed by atoms with van der Waals surface area (Å²) in [5, 5.41) is 18.0. The summed E-state index contributed by atoms with van der Waals surface area (Å²) in [6, 6.07) is 0. The minimum absolute atomic E-state index is 0.107. The van der Waals surface area contributed by atoms with E-state index in [-0.39, 0.29) is 6.42 Å².